The molecule has 0 aliphatic rings. The van der Waals surface area contributed by atoms with E-state index >= 15 is 0 Å². The van der Waals surface area contributed by atoms with Gasteiger partial charge in [0.2, 0.25) is 0 Å². The van der Waals surface area contributed by atoms with Crippen molar-refractivity contribution in [3.05, 3.63) is 63.4 Å². The standard InChI is InChI=1S/C25H34N3O9PS2/c1-5-20(30)21(36-23(15-29)28-13-11-22(31)26-25(28)33)16-34-38(39,37-18-9-7-6-8-10-18)27-19(12-14-40-4)24(32)35-17(2)3/h1,6-11,13,17,19-21,23,29-30H,12,14-16H2,2-4H3,(H,27,39)(H,26,31,33)/t19?,20-,21?,23?,38?/m0/s1. The molecule has 15 heteroatoms. The highest BCUT2D eigenvalue weighted by Crippen LogP contribution is 2.46. The highest BCUT2D eigenvalue weighted by atomic mass is 32.5. The highest BCUT2D eigenvalue weighted by Gasteiger charge is 2.33. The third kappa shape index (κ3) is 10.8. The van der Waals surface area contributed by atoms with E-state index in [0.29, 0.717) is 17.9 Å². The first-order valence-corrected chi connectivity index (χ1v) is 16.2. The monoisotopic (exact) mass is 615 g/mol. The van der Waals surface area contributed by atoms with E-state index in [1.807, 2.05) is 6.26 Å². The fourth-order valence-corrected chi connectivity index (χ4v) is 6.05. The summed E-state index contributed by atoms with van der Waals surface area (Å²) in [5.74, 6) is 2.57. The average molecular weight is 616 g/mol. The molecule has 0 saturated carbocycles. The number of para-hydroxylation sites is 1. The summed E-state index contributed by atoms with van der Waals surface area (Å²) in [5, 5.41) is 23.4. The van der Waals surface area contributed by atoms with Crippen LogP contribution in [0.4, 0.5) is 0 Å². The number of carbonyl (C=O) groups excluding carboxylic acids is 1. The number of nitrogens with one attached hydrogen (secondary N) is 2. The van der Waals surface area contributed by atoms with Crippen LogP contribution in [-0.4, -0.2) is 75.3 Å². The van der Waals surface area contributed by atoms with Gasteiger partial charge in [0.1, 0.15) is 24.0 Å². The van der Waals surface area contributed by atoms with Crippen LogP contribution in [0.1, 0.15) is 26.5 Å². The molecule has 220 valence electrons. The Balaban J connectivity index is 2.35. The van der Waals surface area contributed by atoms with Crippen molar-refractivity contribution in [1.82, 2.24) is 14.6 Å². The summed E-state index contributed by atoms with van der Waals surface area (Å²) in [5.41, 5.74) is -1.49. The van der Waals surface area contributed by atoms with Crippen LogP contribution in [0.25, 0.3) is 0 Å². The SMILES string of the molecule is C#C[C@H](O)C(COP(=S)(NC(CCSC)C(=O)OC(C)C)Oc1ccccc1)OC(CO)n1ccc(=O)[nH]c1=O. The molecule has 0 aliphatic heterocycles. The van der Waals surface area contributed by atoms with E-state index in [9.17, 15) is 24.6 Å². The van der Waals surface area contributed by atoms with Gasteiger partial charge in [-0.25, -0.2) is 9.88 Å². The summed E-state index contributed by atoms with van der Waals surface area (Å²) in [6.45, 7) is -1.25. The summed E-state index contributed by atoms with van der Waals surface area (Å²) in [6.07, 6.45) is 4.25. The predicted octanol–water partition coefficient (Wildman–Crippen LogP) is 1.39. The molecular formula is C25H34N3O9PS2. The lowest BCUT2D eigenvalue weighted by Crippen LogP contribution is -2.42. The maximum atomic E-state index is 12.9. The number of nitrogens with zero attached hydrogens (tertiary/aromatic N) is 1. The minimum Gasteiger partial charge on any atom is -0.462 e. The molecule has 1 aromatic carbocycles. The van der Waals surface area contributed by atoms with Gasteiger partial charge in [-0.15, -0.1) is 6.42 Å². The third-order valence-corrected chi connectivity index (χ3v) is 8.18. The number of aromatic nitrogens is 2. The van der Waals surface area contributed by atoms with Crippen LogP contribution in [0.2, 0.25) is 0 Å². The van der Waals surface area contributed by atoms with Gasteiger partial charge >= 0.3 is 18.3 Å². The van der Waals surface area contributed by atoms with Crippen molar-refractivity contribution in [2.75, 3.05) is 25.2 Å². The van der Waals surface area contributed by atoms with Gasteiger partial charge in [-0.05, 0) is 56.2 Å². The van der Waals surface area contributed by atoms with Crippen molar-refractivity contribution in [1.29, 1.82) is 0 Å². The molecule has 2 rings (SSSR count). The number of aliphatic hydroxyl groups is 2. The number of hydrogen-bond donors (Lipinski definition) is 4. The Kier molecular flexibility index (Phi) is 14.1. The maximum absolute atomic E-state index is 12.9. The molecule has 0 amide bonds. The third-order valence-electron chi connectivity index (χ3n) is 5.11. The number of ether oxygens (including phenoxy) is 2. The summed E-state index contributed by atoms with van der Waals surface area (Å²) in [6, 6.07) is 8.76. The van der Waals surface area contributed by atoms with E-state index in [2.05, 4.69) is 16.0 Å². The van der Waals surface area contributed by atoms with Crippen molar-refractivity contribution in [2.45, 2.75) is 50.8 Å². The molecule has 0 spiro atoms. The molecule has 0 radical (unpaired) electrons. The van der Waals surface area contributed by atoms with Crippen LogP contribution in [0.15, 0.2) is 52.2 Å². The Morgan fingerprint density at radius 3 is 2.55 bits per heavy atom. The number of aromatic amines is 1. The van der Waals surface area contributed by atoms with Gasteiger partial charge in [0.15, 0.2) is 6.23 Å². The first-order chi connectivity index (χ1) is 19.0. The van der Waals surface area contributed by atoms with Gasteiger partial charge in [0.05, 0.1) is 19.3 Å². The second kappa shape index (κ2) is 16.7. The van der Waals surface area contributed by atoms with Crippen LogP contribution in [-0.2, 0) is 30.6 Å². The van der Waals surface area contributed by atoms with Crippen molar-refractivity contribution in [3.63, 3.8) is 0 Å². The minimum absolute atomic E-state index is 0.362. The van der Waals surface area contributed by atoms with Crippen molar-refractivity contribution in [3.8, 4) is 18.1 Å². The molecule has 0 bridgehead atoms. The van der Waals surface area contributed by atoms with E-state index in [0.717, 1.165) is 16.8 Å². The summed E-state index contributed by atoms with van der Waals surface area (Å²) < 4.78 is 24.1. The molecule has 4 unspecified atom stereocenters. The summed E-state index contributed by atoms with van der Waals surface area (Å²) in [4.78, 5) is 38.6. The Bertz CT molecular complexity index is 1280. The molecule has 0 fully saturated rings. The number of H-pyrrole nitrogens is 1. The van der Waals surface area contributed by atoms with Crippen LogP contribution in [0.3, 0.4) is 0 Å². The molecule has 5 atom stereocenters. The summed E-state index contributed by atoms with van der Waals surface area (Å²) in [7, 11) is 0. The molecule has 1 aromatic heterocycles. The first kappa shape index (κ1) is 33.7. The largest absolute Gasteiger partial charge is 0.462 e. The Morgan fingerprint density at radius 1 is 1.27 bits per heavy atom. The maximum Gasteiger partial charge on any atom is 0.330 e. The minimum atomic E-state index is -3.54. The smallest absolute Gasteiger partial charge is 0.330 e. The lowest BCUT2D eigenvalue weighted by molar-refractivity contribution is -0.149. The van der Waals surface area contributed by atoms with Crippen LogP contribution < -0.4 is 20.9 Å². The number of hydrogen-bond acceptors (Lipinski definition) is 11. The molecule has 40 heavy (non-hydrogen) atoms. The highest BCUT2D eigenvalue weighted by molar-refractivity contribution is 8.09. The zero-order valence-electron chi connectivity index (χ0n) is 22.3. The van der Waals surface area contributed by atoms with Crippen LogP contribution in [0.5, 0.6) is 5.75 Å². The lowest BCUT2D eigenvalue weighted by Gasteiger charge is -2.31. The fraction of sp³-hybridized carbons (Fsp3) is 0.480. The van der Waals surface area contributed by atoms with Crippen molar-refractivity contribution in [2.24, 2.45) is 0 Å². The van der Waals surface area contributed by atoms with Crippen LogP contribution >= 0.6 is 18.4 Å². The lowest BCUT2D eigenvalue weighted by atomic mass is 10.2. The molecule has 12 nitrogen and oxygen atoms in total. The quantitative estimate of drug-likeness (QED) is 0.115. The topological polar surface area (TPSA) is 161 Å². The number of rotatable bonds is 17. The molecule has 4 N–H and O–H groups in total. The van der Waals surface area contributed by atoms with Gasteiger partial charge in [0, 0.05) is 12.3 Å². The number of benzene rings is 1. The van der Waals surface area contributed by atoms with Gasteiger partial charge < -0.3 is 28.7 Å². The number of carbonyl (C=O) groups is 1. The second-order valence-electron chi connectivity index (χ2n) is 8.59. The molecule has 0 aliphatic carbocycles. The fourth-order valence-electron chi connectivity index (χ4n) is 3.22. The number of esters is 1. The van der Waals surface area contributed by atoms with Crippen LogP contribution in [0, 0.1) is 12.3 Å². The van der Waals surface area contributed by atoms with E-state index in [4.69, 9.17) is 36.8 Å². The molecule has 0 saturated heterocycles. The van der Waals surface area contributed by atoms with Gasteiger partial charge in [0.25, 0.3) is 5.56 Å². The predicted molar refractivity (Wildman–Crippen MR) is 156 cm³/mol. The Labute approximate surface area is 241 Å². The van der Waals surface area contributed by atoms with Gasteiger partial charge in [-0.1, -0.05) is 24.1 Å². The van der Waals surface area contributed by atoms with E-state index in [-0.39, 0.29) is 6.10 Å². The van der Waals surface area contributed by atoms with Gasteiger partial charge in [-0.3, -0.25) is 19.1 Å². The Hall–Kier alpha value is -2.47. The first-order valence-electron chi connectivity index (χ1n) is 12.2. The average Bonchev–Trinajstić information content (AvgIpc) is 2.91. The van der Waals surface area contributed by atoms with Gasteiger partial charge in [-0.2, -0.15) is 11.8 Å². The zero-order valence-corrected chi connectivity index (χ0v) is 24.8. The normalized spacial score (nSPS) is 15.8. The van der Waals surface area contributed by atoms with E-state index in [1.54, 1.807) is 44.2 Å². The second-order valence-corrected chi connectivity index (χ2v) is 12.7. The van der Waals surface area contributed by atoms with E-state index < -0.39 is 61.6 Å². The number of aliphatic hydroxyl groups excluding tert-OH is 2. The number of terminal acetylenes is 1. The van der Waals surface area contributed by atoms with Crippen molar-refractivity contribution < 1.29 is 33.5 Å². The van der Waals surface area contributed by atoms with Crippen molar-refractivity contribution >= 4 is 36.2 Å². The zero-order chi connectivity index (χ0) is 29.7. The molecular weight excluding hydrogens is 581 g/mol. The van der Waals surface area contributed by atoms with E-state index in [1.165, 1.54) is 11.8 Å². The number of thioether (sulfide) groups is 1. The molecule has 2 aromatic rings. The summed E-state index contributed by atoms with van der Waals surface area (Å²) >= 11 is 7.29. The Morgan fingerprint density at radius 2 is 1.98 bits per heavy atom. The molecule has 1 heterocycles.